The average Bonchev–Trinajstić information content (AvgIpc) is 2.05. The molecule has 78 valence electrons. The van der Waals surface area contributed by atoms with Crippen LogP contribution in [0.2, 0.25) is 0 Å². The van der Waals surface area contributed by atoms with E-state index in [-0.39, 0.29) is 5.97 Å². The molecule has 0 amide bonds. The molecule has 0 radical (unpaired) electrons. The van der Waals surface area contributed by atoms with Crippen LogP contribution in [0.1, 0.15) is 13.8 Å². The van der Waals surface area contributed by atoms with Gasteiger partial charge in [0.2, 0.25) is 0 Å². The maximum Gasteiger partial charge on any atom is 0.319 e. The maximum absolute atomic E-state index is 10.9. The van der Waals surface area contributed by atoms with Gasteiger partial charge in [-0.2, -0.15) is 11.8 Å². The molecule has 0 aliphatic rings. The lowest BCUT2D eigenvalue weighted by atomic mass is 10.2. The summed E-state index contributed by atoms with van der Waals surface area (Å²) in [7, 11) is 0. The van der Waals surface area contributed by atoms with E-state index < -0.39 is 0 Å². The molecule has 0 saturated heterocycles. The van der Waals surface area contributed by atoms with Gasteiger partial charge in [0.25, 0.3) is 0 Å². The second kappa shape index (κ2) is 8.38. The number of esters is 1. The van der Waals surface area contributed by atoms with Crippen molar-refractivity contribution in [3.63, 3.8) is 0 Å². The van der Waals surface area contributed by atoms with Gasteiger partial charge >= 0.3 is 5.97 Å². The quantitative estimate of drug-likeness (QED) is 0.633. The minimum Gasteiger partial charge on any atom is -0.465 e. The smallest absolute Gasteiger partial charge is 0.319 e. The van der Waals surface area contributed by atoms with Crippen molar-refractivity contribution in [2.24, 2.45) is 5.92 Å². The number of ether oxygens (including phenoxy) is 1. The van der Waals surface area contributed by atoms with Crippen LogP contribution in [0.5, 0.6) is 0 Å². The van der Waals surface area contributed by atoms with E-state index in [2.05, 4.69) is 18.5 Å². The third-order valence-electron chi connectivity index (χ3n) is 1.52. The van der Waals surface area contributed by atoms with Crippen LogP contribution in [0.4, 0.5) is 0 Å². The van der Waals surface area contributed by atoms with E-state index >= 15 is 0 Å². The van der Waals surface area contributed by atoms with Crippen LogP contribution in [-0.4, -0.2) is 37.7 Å². The summed E-state index contributed by atoms with van der Waals surface area (Å²) in [5.41, 5.74) is 0. The van der Waals surface area contributed by atoms with Gasteiger partial charge in [0.15, 0.2) is 0 Å². The Labute approximate surface area is 84.6 Å². The van der Waals surface area contributed by atoms with E-state index in [1.54, 1.807) is 0 Å². The van der Waals surface area contributed by atoms with E-state index in [1.165, 1.54) is 0 Å². The predicted molar refractivity (Wildman–Crippen MR) is 57.0 cm³/mol. The Morgan fingerprint density at radius 1 is 1.62 bits per heavy atom. The van der Waals surface area contributed by atoms with Gasteiger partial charge in [-0.1, -0.05) is 6.92 Å². The number of hydrogen-bond acceptors (Lipinski definition) is 4. The average molecular weight is 205 g/mol. The lowest BCUT2D eigenvalue weighted by Crippen LogP contribution is -2.29. The lowest BCUT2D eigenvalue weighted by Gasteiger charge is -2.10. The molecule has 1 atom stereocenters. The van der Waals surface area contributed by atoms with E-state index in [0.29, 0.717) is 19.1 Å². The first kappa shape index (κ1) is 12.8. The summed E-state index contributed by atoms with van der Waals surface area (Å²) in [5.74, 6) is 1.55. The van der Waals surface area contributed by atoms with Crippen LogP contribution in [0.25, 0.3) is 0 Å². The van der Waals surface area contributed by atoms with Gasteiger partial charge in [0.1, 0.15) is 0 Å². The summed E-state index contributed by atoms with van der Waals surface area (Å²) in [4.78, 5) is 10.9. The van der Waals surface area contributed by atoms with Crippen molar-refractivity contribution in [1.82, 2.24) is 5.32 Å². The standard InChI is InChI=1S/C9H19NO2S/c1-4-12-9(11)6-10-5-8(2)7-13-3/h8,10H,4-7H2,1-3H3. The van der Waals surface area contributed by atoms with E-state index in [4.69, 9.17) is 4.74 Å². The molecular weight excluding hydrogens is 186 g/mol. The number of hydrogen-bond donors (Lipinski definition) is 1. The molecule has 4 heteroatoms. The highest BCUT2D eigenvalue weighted by Crippen LogP contribution is 2.02. The molecule has 0 aromatic heterocycles. The summed E-state index contributed by atoms with van der Waals surface area (Å²) >= 11 is 1.82. The van der Waals surface area contributed by atoms with Crippen LogP contribution < -0.4 is 5.32 Å². The normalized spacial score (nSPS) is 12.5. The van der Waals surface area contributed by atoms with Crippen molar-refractivity contribution in [3.8, 4) is 0 Å². The molecule has 0 heterocycles. The molecule has 1 N–H and O–H groups in total. The van der Waals surface area contributed by atoms with Crippen LogP contribution >= 0.6 is 11.8 Å². The minimum atomic E-state index is -0.168. The van der Waals surface area contributed by atoms with Crippen molar-refractivity contribution < 1.29 is 9.53 Å². The Morgan fingerprint density at radius 2 is 2.31 bits per heavy atom. The molecule has 0 saturated carbocycles. The fourth-order valence-electron chi connectivity index (χ4n) is 0.976. The summed E-state index contributed by atoms with van der Waals surface area (Å²) in [6.07, 6.45) is 2.09. The number of nitrogens with one attached hydrogen (secondary N) is 1. The van der Waals surface area contributed by atoms with Gasteiger partial charge in [-0.25, -0.2) is 0 Å². The number of thioether (sulfide) groups is 1. The predicted octanol–water partition coefficient (Wildman–Crippen LogP) is 1.14. The Morgan fingerprint density at radius 3 is 2.85 bits per heavy atom. The van der Waals surface area contributed by atoms with Gasteiger partial charge in [0.05, 0.1) is 13.2 Å². The van der Waals surface area contributed by atoms with Crippen molar-refractivity contribution in [2.45, 2.75) is 13.8 Å². The van der Waals surface area contributed by atoms with E-state index in [9.17, 15) is 4.79 Å². The zero-order chi connectivity index (χ0) is 10.1. The monoisotopic (exact) mass is 205 g/mol. The van der Waals surface area contributed by atoms with Gasteiger partial charge in [-0.3, -0.25) is 4.79 Å². The van der Waals surface area contributed by atoms with Crippen molar-refractivity contribution in [3.05, 3.63) is 0 Å². The Bertz CT molecular complexity index is 142. The first-order valence-corrected chi connectivity index (χ1v) is 5.95. The fourth-order valence-corrected chi connectivity index (χ4v) is 1.66. The van der Waals surface area contributed by atoms with E-state index in [1.807, 2.05) is 18.7 Å². The summed E-state index contributed by atoms with van der Waals surface area (Å²) in [5, 5.41) is 3.07. The molecule has 0 aliphatic carbocycles. The molecule has 13 heavy (non-hydrogen) atoms. The van der Waals surface area contributed by atoms with Crippen molar-refractivity contribution in [1.29, 1.82) is 0 Å². The fraction of sp³-hybridized carbons (Fsp3) is 0.889. The van der Waals surface area contributed by atoms with Crippen molar-refractivity contribution >= 4 is 17.7 Å². The van der Waals surface area contributed by atoms with E-state index in [0.717, 1.165) is 12.3 Å². The number of carbonyl (C=O) groups is 1. The highest BCUT2D eigenvalue weighted by molar-refractivity contribution is 7.98. The highest BCUT2D eigenvalue weighted by atomic mass is 32.2. The molecule has 1 unspecified atom stereocenters. The zero-order valence-corrected chi connectivity index (χ0v) is 9.45. The third kappa shape index (κ3) is 8.12. The van der Waals surface area contributed by atoms with Gasteiger partial charge in [-0.15, -0.1) is 0 Å². The molecule has 0 aromatic carbocycles. The third-order valence-corrected chi connectivity index (χ3v) is 2.42. The van der Waals surface area contributed by atoms with Crippen LogP contribution in [-0.2, 0) is 9.53 Å². The second-order valence-corrected chi connectivity index (χ2v) is 3.91. The molecule has 0 aliphatic heterocycles. The molecule has 0 fully saturated rings. The zero-order valence-electron chi connectivity index (χ0n) is 8.63. The van der Waals surface area contributed by atoms with Gasteiger partial charge in [0, 0.05) is 0 Å². The molecule has 0 rings (SSSR count). The van der Waals surface area contributed by atoms with Crippen LogP contribution in [0.3, 0.4) is 0 Å². The van der Waals surface area contributed by atoms with Gasteiger partial charge < -0.3 is 10.1 Å². The molecule has 0 spiro atoms. The Hall–Kier alpha value is -0.220. The lowest BCUT2D eigenvalue weighted by molar-refractivity contribution is -0.142. The molecule has 0 bridgehead atoms. The Kier molecular flexibility index (Phi) is 8.24. The second-order valence-electron chi connectivity index (χ2n) is 3.00. The maximum atomic E-state index is 10.9. The number of rotatable bonds is 7. The molecule has 0 aromatic rings. The largest absolute Gasteiger partial charge is 0.465 e. The first-order valence-electron chi connectivity index (χ1n) is 4.56. The summed E-state index contributed by atoms with van der Waals surface area (Å²) in [6, 6.07) is 0. The molecule has 3 nitrogen and oxygen atoms in total. The molecular formula is C9H19NO2S. The first-order chi connectivity index (χ1) is 6.20. The summed E-state index contributed by atoms with van der Waals surface area (Å²) in [6.45, 7) is 5.63. The van der Waals surface area contributed by atoms with Crippen LogP contribution in [0, 0.1) is 5.92 Å². The van der Waals surface area contributed by atoms with Gasteiger partial charge in [-0.05, 0) is 31.4 Å². The SMILES string of the molecule is CCOC(=O)CNCC(C)CSC. The topological polar surface area (TPSA) is 38.3 Å². The number of carbonyl (C=O) groups excluding carboxylic acids is 1. The van der Waals surface area contributed by atoms with Crippen molar-refractivity contribution in [2.75, 3.05) is 31.7 Å². The highest BCUT2D eigenvalue weighted by Gasteiger charge is 2.03. The summed E-state index contributed by atoms with van der Waals surface area (Å²) < 4.78 is 4.78. The minimum absolute atomic E-state index is 0.168. The Balaban J connectivity index is 3.28. The van der Waals surface area contributed by atoms with Crippen LogP contribution in [0.15, 0.2) is 0 Å².